The lowest BCUT2D eigenvalue weighted by molar-refractivity contribution is -0.139. The van der Waals surface area contributed by atoms with E-state index in [0.29, 0.717) is 5.92 Å². The van der Waals surface area contributed by atoms with E-state index in [4.69, 9.17) is 10.8 Å². The van der Waals surface area contributed by atoms with Gasteiger partial charge in [0.15, 0.2) is 0 Å². The molecule has 0 aromatic heterocycles. The quantitative estimate of drug-likeness (QED) is 0.604. The molecule has 0 radical (unpaired) electrons. The Balaban J connectivity index is 4.13. The van der Waals surface area contributed by atoms with E-state index in [1.165, 1.54) is 11.8 Å². The summed E-state index contributed by atoms with van der Waals surface area (Å²) in [7, 11) is 0. The van der Waals surface area contributed by atoms with Gasteiger partial charge in [0.2, 0.25) is 5.91 Å². The summed E-state index contributed by atoms with van der Waals surface area (Å²) in [5.74, 6) is -0.277. The van der Waals surface area contributed by atoms with Crippen LogP contribution in [0.2, 0.25) is 0 Å². The maximum Gasteiger partial charge on any atom is 0.321 e. The topological polar surface area (TPSA) is 92.4 Å². The van der Waals surface area contributed by atoms with Crippen molar-refractivity contribution in [3.63, 3.8) is 0 Å². The number of amides is 1. The Morgan fingerprint density at radius 3 is 2.25 bits per heavy atom. The SMILES string of the molecule is CC(C)CCC(C)NC(=O)CSC(C)(C)[C@H](N)C(=O)O. The van der Waals surface area contributed by atoms with Crippen molar-refractivity contribution in [1.29, 1.82) is 0 Å². The van der Waals surface area contributed by atoms with Crippen LogP contribution in [-0.2, 0) is 9.59 Å². The summed E-state index contributed by atoms with van der Waals surface area (Å²) in [6.07, 6.45) is 2.02. The third-order valence-corrected chi connectivity index (χ3v) is 4.58. The zero-order valence-corrected chi connectivity index (χ0v) is 13.9. The molecule has 2 atom stereocenters. The van der Waals surface area contributed by atoms with Crippen molar-refractivity contribution in [1.82, 2.24) is 5.32 Å². The van der Waals surface area contributed by atoms with Gasteiger partial charge in [0.1, 0.15) is 6.04 Å². The van der Waals surface area contributed by atoms with Crippen LogP contribution in [0, 0.1) is 5.92 Å². The van der Waals surface area contributed by atoms with Crippen LogP contribution in [0.25, 0.3) is 0 Å². The molecular weight excluding hydrogens is 276 g/mol. The molecule has 0 aliphatic carbocycles. The predicted octanol–water partition coefficient (Wildman–Crippen LogP) is 1.85. The first-order valence-corrected chi connectivity index (χ1v) is 7.96. The molecule has 118 valence electrons. The molecule has 0 aromatic carbocycles. The van der Waals surface area contributed by atoms with Crippen LogP contribution in [0.15, 0.2) is 0 Å². The van der Waals surface area contributed by atoms with Crippen LogP contribution in [0.3, 0.4) is 0 Å². The Bertz CT molecular complexity index is 332. The fourth-order valence-electron chi connectivity index (χ4n) is 1.61. The average molecular weight is 304 g/mol. The number of carbonyl (C=O) groups is 2. The number of carboxylic acid groups (broad SMARTS) is 1. The molecule has 0 bridgehead atoms. The van der Waals surface area contributed by atoms with E-state index >= 15 is 0 Å². The molecule has 0 spiro atoms. The highest BCUT2D eigenvalue weighted by atomic mass is 32.2. The van der Waals surface area contributed by atoms with Crippen molar-refractivity contribution in [3.05, 3.63) is 0 Å². The Kier molecular flexibility index (Phi) is 8.20. The van der Waals surface area contributed by atoms with E-state index in [1.54, 1.807) is 13.8 Å². The third-order valence-electron chi connectivity index (χ3n) is 3.17. The fraction of sp³-hybridized carbons (Fsp3) is 0.857. The monoisotopic (exact) mass is 304 g/mol. The molecule has 0 aliphatic rings. The van der Waals surface area contributed by atoms with Gasteiger partial charge in [-0.05, 0) is 39.5 Å². The third kappa shape index (κ3) is 7.75. The summed E-state index contributed by atoms with van der Waals surface area (Å²) in [5, 5.41) is 11.8. The van der Waals surface area contributed by atoms with Gasteiger partial charge >= 0.3 is 5.97 Å². The van der Waals surface area contributed by atoms with Gasteiger partial charge in [0.05, 0.1) is 5.75 Å². The molecule has 0 saturated heterocycles. The van der Waals surface area contributed by atoms with Gasteiger partial charge in [-0.3, -0.25) is 9.59 Å². The molecule has 0 fully saturated rings. The first-order chi connectivity index (χ1) is 9.06. The number of hydrogen-bond acceptors (Lipinski definition) is 4. The number of thioether (sulfide) groups is 1. The van der Waals surface area contributed by atoms with Crippen LogP contribution >= 0.6 is 11.8 Å². The van der Waals surface area contributed by atoms with E-state index < -0.39 is 16.8 Å². The first-order valence-electron chi connectivity index (χ1n) is 6.98. The van der Waals surface area contributed by atoms with Crippen LogP contribution in [0.1, 0.15) is 47.5 Å². The van der Waals surface area contributed by atoms with Crippen molar-refractivity contribution in [3.8, 4) is 0 Å². The lowest BCUT2D eigenvalue weighted by Gasteiger charge is -2.28. The molecule has 6 heteroatoms. The molecule has 0 saturated carbocycles. The van der Waals surface area contributed by atoms with Crippen molar-refractivity contribution in [2.24, 2.45) is 11.7 Å². The Labute approximate surface area is 126 Å². The number of hydrogen-bond donors (Lipinski definition) is 3. The van der Waals surface area contributed by atoms with Gasteiger partial charge in [-0.15, -0.1) is 11.8 Å². The van der Waals surface area contributed by atoms with Crippen molar-refractivity contribution in [2.45, 2.75) is 64.3 Å². The highest BCUT2D eigenvalue weighted by Crippen LogP contribution is 2.27. The highest BCUT2D eigenvalue weighted by Gasteiger charge is 2.33. The van der Waals surface area contributed by atoms with Gasteiger partial charge < -0.3 is 16.2 Å². The molecule has 0 rings (SSSR count). The molecule has 0 aliphatic heterocycles. The van der Waals surface area contributed by atoms with Gasteiger partial charge in [0.25, 0.3) is 0 Å². The summed E-state index contributed by atoms with van der Waals surface area (Å²) in [6.45, 7) is 9.78. The Morgan fingerprint density at radius 2 is 1.80 bits per heavy atom. The molecule has 1 amide bonds. The summed E-state index contributed by atoms with van der Waals surface area (Å²) < 4.78 is -0.676. The predicted molar refractivity (Wildman–Crippen MR) is 83.8 cm³/mol. The van der Waals surface area contributed by atoms with E-state index in [2.05, 4.69) is 19.2 Å². The highest BCUT2D eigenvalue weighted by molar-refractivity contribution is 8.01. The minimum atomic E-state index is -1.05. The standard InChI is InChI=1S/C14H28N2O3S/c1-9(2)6-7-10(3)16-11(17)8-20-14(4,5)12(15)13(18)19/h9-10,12H,6-8,15H2,1-5H3,(H,16,17)(H,18,19)/t10?,12-/m1/s1. The maximum atomic E-state index is 11.8. The fourth-order valence-corrected chi connectivity index (χ4v) is 2.48. The first kappa shape index (κ1) is 19.2. The maximum absolute atomic E-state index is 11.8. The van der Waals surface area contributed by atoms with Gasteiger partial charge in [0, 0.05) is 10.8 Å². The van der Waals surface area contributed by atoms with Crippen LogP contribution in [0.5, 0.6) is 0 Å². The van der Waals surface area contributed by atoms with Crippen LogP contribution < -0.4 is 11.1 Å². The molecular formula is C14H28N2O3S. The summed E-state index contributed by atoms with van der Waals surface area (Å²) >= 11 is 1.27. The van der Waals surface area contributed by atoms with E-state index in [1.807, 2.05) is 6.92 Å². The minimum Gasteiger partial charge on any atom is -0.480 e. The smallest absolute Gasteiger partial charge is 0.321 e. The molecule has 5 nitrogen and oxygen atoms in total. The number of nitrogens with two attached hydrogens (primary N) is 1. The van der Waals surface area contributed by atoms with Crippen LogP contribution in [-0.4, -0.2) is 39.6 Å². The number of aliphatic carboxylic acids is 1. The number of carbonyl (C=O) groups excluding carboxylic acids is 1. The van der Waals surface area contributed by atoms with Gasteiger partial charge in [-0.2, -0.15) is 0 Å². The van der Waals surface area contributed by atoms with Gasteiger partial charge in [-0.1, -0.05) is 13.8 Å². The van der Waals surface area contributed by atoms with Gasteiger partial charge in [-0.25, -0.2) is 0 Å². The van der Waals surface area contributed by atoms with Crippen LogP contribution in [0.4, 0.5) is 0 Å². The van der Waals surface area contributed by atoms with E-state index in [-0.39, 0.29) is 17.7 Å². The zero-order valence-electron chi connectivity index (χ0n) is 13.1. The molecule has 20 heavy (non-hydrogen) atoms. The molecule has 4 N–H and O–H groups in total. The zero-order chi connectivity index (χ0) is 15.9. The van der Waals surface area contributed by atoms with Crippen molar-refractivity contribution < 1.29 is 14.7 Å². The van der Waals surface area contributed by atoms with Crippen molar-refractivity contribution >= 4 is 23.6 Å². The lowest BCUT2D eigenvalue weighted by atomic mass is 10.0. The summed E-state index contributed by atoms with van der Waals surface area (Å²) in [4.78, 5) is 22.7. The molecule has 1 unspecified atom stereocenters. The Hall–Kier alpha value is -0.750. The second-order valence-corrected chi connectivity index (χ2v) is 7.78. The minimum absolute atomic E-state index is 0.0723. The largest absolute Gasteiger partial charge is 0.480 e. The van der Waals surface area contributed by atoms with E-state index in [9.17, 15) is 9.59 Å². The summed E-state index contributed by atoms with van der Waals surface area (Å²) in [5.41, 5.74) is 5.61. The second kappa shape index (κ2) is 8.52. The number of rotatable bonds is 9. The lowest BCUT2D eigenvalue weighted by Crippen LogP contribution is -2.47. The average Bonchev–Trinajstić information content (AvgIpc) is 2.33. The van der Waals surface area contributed by atoms with E-state index in [0.717, 1.165) is 12.8 Å². The summed E-state index contributed by atoms with van der Waals surface area (Å²) in [6, 6.07) is -0.847. The number of carboxylic acids is 1. The van der Waals surface area contributed by atoms with Crippen molar-refractivity contribution in [2.75, 3.05) is 5.75 Å². The molecule has 0 aromatic rings. The normalized spacial score (nSPS) is 14.9. The number of nitrogens with one attached hydrogen (secondary N) is 1. The second-order valence-electron chi connectivity index (χ2n) is 6.15. The Morgan fingerprint density at radius 1 is 1.25 bits per heavy atom. The molecule has 0 heterocycles.